The van der Waals surface area contributed by atoms with Crippen molar-refractivity contribution in [3.8, 4) is 0 Å². The highest BCUT2D eigenvalue weighted by Crippen LogP contribution is 2.34. The molecule has 6 aromatic rings. The number of rotatable bonds is 7. The van der Waals surface area contributed by atoms with Crippen LogP contribution in [0.3, 0.4) is 0 Å². The largest absolute Gasteiger partial charge is 0.333 e. The van der Waals surface area contributed by atoms with Crippen molar-refractivity contribution >= 4 is 78.5 Å². The molecule has 36 heavy (non-hydrogen) atoms. The highest BCUT2D eigenvalue weighted by molar-refractivity contribution is 8.00. The van der Waals surface area contributed by atoms with E-state index < -0.39 is 0 Å². The number of carbonyl (C=O) groups excluding carboxylic acids is 1. The summed E-state index contributed by atoms with van der Waals surface area (Å²) in [6, 6.07) is 24.4. The van der Waals surface area contributed by atoms with Gasteiger partial charge >= 0.3 is 0 Å². The smallest absolute Gasteiger partial charge is 0.234 e. The molecule has 0 fully saturated rings. The van der Waals surface area contributed by atoms with E-state index in [1.807, 2.05) is 72.8 Å². The number of aromatic amines is 1. The number of para-hydroxylation sites is 2. The first-order chi connectivity index (χ1) is 17.6. The number of hydrogen-bond donors (Lipinski definition) is 2. The van der Waals surface area contributed by atoms with Crippen LogP contribution in [0.2, 0.25) is 0 Å². The summed E-state index contributed by atoms with van der Waals surface area (Å²) >= 11 is 4.59. The van der Waals surface area contributed by atoms with Crippen molar-refractivity contribution in [3.63, 3.8) is 0 Å². The van der Waals surface area contributed by atoms with E-state index in [4.69, 9.17) is 4.98 Å². The van der Waals surface area contributed by atoms with Crippen LogP contribution in [-0.4, -0.2) is 26.6 Å². The van der Waals surface area contributed by atoms with Gasteiger partial charge in [-0.1, -0.05) is 66.0 Å². The minimum Gasteiger partial charge on any atom is -0.333 e. The molecule has 1 amide bonds. The number of imidazole rings is 1. The van der Waals surface area contributed by atoms with Gasteiger partial charge in [0.05, 0.1) is 27.0 Å². The number of thiazole rings is 1. The molecule has 0 atom stereocenters. The Hall–Kier alpha value is -3.40. The maximum absolute atomic E-state index is 14.1. The van der Waals surface area contributed by atoms with Crippen molar-refractivity contribution in [3.05, 3.63) is 90.2 Å². The summed E-state index contributed by atoms with van der Waals surface area (Å²) in [5.74, 6) is 0.656. The summed E-state index contributed by atoms with van der Waals surface area (Å²) in [5.41, 5.74) is 4.55. The van der Waals surface area contributed by atoms with Crippen molar-refractivity contribution in [2.45, 2.75) is 15.2 Å². The topological polar surface area (TPSA) is 70.7 Å². The second-order valence-corrected chi connectivity index (χ2v) is 11.3. The van der Waals surface area contributed by atoms with E-state index in [1.165, 1.54) is 17.8 Å². The lowest BCUT2D eigenvalue weighted by atomic mass is 10.1. The number of H-pyrrole nitrogens is 1. The Morgan fingerprint density at radius 2 is 1.75 bits per heavy atom. The fourth-order valence-corrected chi connectivity index (χ4v) is 6.76. The fraction of sp³-hybridized carbons (Fsp3) is 0.0741. The third kappa shape index (κ3) is 4.82. The average molecular weight is 531 g/mol. The number of amides is 1. The number of nitrogens with zero attached hydrogens (tertiary/aromatic N) is 2. The molecular formula is C27H19FN4OS3. The van der Waals surface area contributed by atoms with Gasteiger partial charge in [0, 0.05) is 16.8 Å². The number of aromatic nitrogens is 3. The minimum absolute atomic E-state index is 0.0953. The van der Waals surface area contributed by atoms with E-state index in [9.17, 15) is 9.18 Å². The number of thioether (sulfide) groups is 2. The molecule has 178 valence electrons. The lowest BCUT2D eigenvalue weighted by Gasteiger charge is -2.06. The number of anilines is 1. The molecule has 2 heterocycles. The summed E-state index contributed by atoms with van der Waals surface area (Å²) in [6.45, 7) is 0. The van der Waals surface area contributed by atoms with Crippen LogP contribution >= 0.6 is 34.9 Å². The third-order valence-electron chi connectivity index (χ3n) is 5.67. The van der Waals surface area contributed by atoms with Gasteiger partial charge in [0.25, 0.3) is 0 Å². The average Bonchev–Trinajstić information content (AvgIpc) is 3.50. The standard InChI is InChI=1S/C27H19FN4OS3/c28-20-11-9-16(18-5-1-2-6-19(18)20)14-35-27-32-23-12-10-17(13-24(23)36-27)29-25(33)15-34-26-30-21-7-3-4-8-22(21)31-26/h1-13H,14-15H2,(H,29,33)(H,30,31). The van der Waals surface area contributed by atoms with Crippen LogP contribution in [0.1, 0.15) is 5.56 Å². The van der Waals surface area contributed by atoms with Gasteiger partial charge in [0.15, 0.2) is 9.50 Å². The van der Waals surface area contributed by atoms with Gasteiger partial charge in [-0.25, -0.2) is 14.4 Å². The van der Waals surface area contributed by atoms with E-state index in [0.717, 1.165) is 47.4 Å². The SMILES string of the molecule is O=C(CSc1nc2ccccc2[nH]1)Nc1ccc2nc(SCc3ccc(F)c4ccccc34)sc2c1. The van der Waals surface area contributed by atoms with E-state index >= 15 is 0 Å². The predicted octanol–water partition coefficient (Wildman–Crippen LogP) is 7.49. The van der Waals surface area contributed by atoms with E-state index in [0.29, 0.717) is 11.1 Å². The molecule has 2 N–H and O–H groups in total. The second kappa shape index (κ2) is 9.93. The highest BCUT2D eigenvalue weighted by atomic mass is 32.2. The Morgan fingerprint density at radius 1 is 0.917 bits per heavy atom. The van der Waals surface area contributed by atoms with Gasteiger partial charge in [-0.3, -0.25) is 4.79 Å². The zero-order valence-electron chi connectivity index (χ0n) is 18.8. The lowest BCUT2D eigenvalue weighted by Crippen LogP contribution is -2.13. The molecule has 5 nitrogen and oxygen atoms in total. The van der Waals surface area contributed by atoms with Gasteiger partial charge in [-0.05, 0) is 47.3 Å². The number of nitrogens with one attached hydrogen (secondary N) is 2. The number of fused-ring (bicyclic) bond motifs is 3. The molecule has 0 saturated heterocycles. The molecule has 0 aliphatic heterocycles. The van der Waals surface area contributed by atoms with Crippen LogP contribution < -0.4 is 5.32 Å². The van der Waals surface area contributed by atoms with Gasteiger partial charge in [0.2, 0.25) is 5.91 Å². The summed E-state index contributed by atoms with van der Waals surface area (Å²) in [5, 5.41) is 5.25. The molecule has 0 aliphatic rings. The van der Waals surface area contributed by atoms with Gasteiger partial charge in [-0.2, -0.15) is 0 Å². The van der Waals surface area contributed by atoms with Crippen LogP contribution in [-0.2, 0) is 10.5 Å². The third-order valence-corrected chi connectivity index (χ3v) is 8.76. The fourth-order valence-electron chi connectivity index (χ4n) is 3.96. The Kier molecular flexibility index (Phi) is 6.35. The maximum Gasteiger partial charge on any atom is 0.234 e. The molecule has 0 radical (unpaired) electrons. The first-order valence-corrected chi connectivity index (χ1v) is 14.0. The van der Waals surface area contributed by atoms with Crippen LogP contribution in [0.5, 0.6) is 0 Å². The zero-order valence-corrected chi connectivity index (χ0v) is 21.3. The van der Waals surface area contributed by atoms with Crippen LogP contribution in [0.15, 0.2) is 88.4 Å². The summed E-state index contributed by atoms with van der Waals surface area (Å²) < 4.78 is 16.1. The number of hydrogen-bond acceptors (Lipinski definition) is 6. The molecule has 9 heteroatoms. The molecule has 0 aliphatic carbocycles. The van der Waals surface area contributed by atoms with Gasteiger partial charge in [0.1, 0.15) is 5.82 Å². The number of carbonyl (C=O) groups is 1. The Morgan fingerprint density at radius 3 is 2.64 bits per heavy atom. The molecule has 2 aromatic heterocycles. The normalized spacial score (nSPS) is 11.5. The Bertz CT molecular complexity index is 1700. The quantitative estimate of drug-likeness (QED) is 0.209. The van der Waals surface area contributed by atoms with E-state index in [2.05, 4.69) is 15.3 Å². The Balaban J connectivity index is 1.10. The first-order valence-electron chi connectivity index (χ1n) is 11.2. The number of halogens is 1. The van der Waals surface area contributed by atoms with Gasteiger partial charge < -0.3 is 10.3 Å². The van der Waals surface area contributed by atoms with Crippen molar-refractivity contribution in [1.29, 1.82) is 0 Å². The summed E-state index contributed by atoms with van der Waals surface area (Å²) in [4.78, 5) is 25.0. The molecule has 6 rings (SSSR count). The predicted molar refractivity (Wildman–Crippen MR) is 149 cm³/mol. The number of benzene rings is 4. The van der Waals surface area contributed by atoms with Crippen LogP contribution in [0.25, 0.3) is 32.0 Å². The molecule has 4 aromatic carbocycles. The second-order valence-electron chi connectivity index (χ2n) is 8.10. The van der Waals surface area contributed by atoms with Gasteiger partial charge in [-0.15, -0.1) is 11.3 Å². The van der Waals surface area contributed by atoms with Crippen LogP contribution in [0.4, 0.5) is 10.1 Å². The van der Waals surface area contributed by atoms with E-state index in [1.54, 1.807) is 23.1 Å². The minimum atomic E-state index is -0.204. The monoisotopic (exact) mass is 530 g/mol. The van der Waals surface area contributed by atoms with Crippen molar-refractivity contribution in [1.82, 2.24) is 15.0 Å². The summed E-state index contributed by atoms with van der Waals surface area (Å²) in [7, 11) is 0. The molecule has 0 unspecified atom stereocenters. The Labute approximate surface area is 218 Å². The lowest BCUT2D eigenvalue weighted by molar-refractivity contribution is -0.113. The van der Waals surface area contributed by atoms with Crippen molar-refractivity contribution in [2.75, 3.05) is 11.1 Å². The van der Waals surface area contributed by atoms with Crippen LogP contribution in [0, 0.1) is 5.82 Å². The van der Waals surface area contributed by atoms with Crippen molar-refractivity contribution in [2.24, 2.45) is 0 Å². The first kappa shape index (κ1) is 23.0. The zero-order chi connectivity index (χ0) is 24.5. The molecule has 0 spiro atoms. The van der Waals surface area contributed by atoms with Crippen molar-refractivity contribution < 1.29 is 9.18 Å². The molecule has 0 bridgehead atoms. The maximum atomic E-state index is 14.1. The van der Waals surface area contributed by atoms with E-state index in [-0.39, 0.29) is 17.5 Å². The highest BCUT2D eigenvalue weighted by Gasteiger charge is 2.11. The summed E-state index contributed by atoms with van der Waals surface area (Å²) in [6.07, 6.45) is 0. The molecular weight excluding hydrogens is 512 g/mol. The molecule has 0 saturated carbocycles.